The Hall–Kier alpha value is -2.89. The van der Waals surface area contributed by atoms with Gasteiger partial charge < -0.3 is 18.9 Å². The SMILES string of the molecule is CCOc1ccccc1NS(=O)(=O)c1cc(-c2nc(C)cs2)n(CC(=O)N2CCOCC2)c1. The van der Waals surface area contributed by atoms with E-state index < -0.39 is 10.0 Å². The van der Waals surface area contributed by atoms with Gasteiger partial charge in [0.05, 0.1) is 31.2 Å². The van der Waals surface area contributed by atoms with Gasteiger partial charge in [0.2, 0.25) is 5.91 Å². The number of benzene rings is 1. The molecule has 0 atom stereocenters. The van der Waals surface area contributed by atoms with Gasteiger partial charge in [-0.1, -0.05) is 12.1 Å². The second-order valence-electron chi connectivity index (χ2n) is 7.51. The molecule has 3 heterocycles. The van der Waals surface area contributed by atoms with Crippen LogP contribution in [0.1, 0.15) is 12.6 Å². The normalized spacial score (nSPS) is 14.3. The summed E-state index contributed by atoms with van der Waals surface area (Å²) in [5.41, 5.74) is 1.76. The molecule has 4 rings (SSSR count). The molecule has 33 heavy (non-hydrogen) atoms. The number of morpholine rings is 1. The number of hydrogen-bond donors (Lipinski definition) is 1. The molecule has 176 valence electrons. The Labute approximate surface area is 197 Å². The molecule has 0 unspecified atom stereocenters. The number of thiazole rings is 1. The van der Waals surface area contributed by atoms with Crippen molar-refractivity contribution in [3.63, 3.8) is 0 Å². The van der Waals surface area contributed by atoms with Gasteiger partial charge in [0.15, 0.2) is 0 Å². The van der Waals surface area contributed by atoms with E-state index in [-0.39, 0.29) is 17.3 Å². The number of carbonyl (C=O) groups excluding carboxylic acids is 1. The first kappa shape index (κ1) is 23.3. The van der Waals surface area contributed by atoms with E-state index in [1.807, 2.05) is 19.2 Å². The van der Waals surface area contributed by atoms with Crippen molar-refractivity contribution >= 4 is 33.0 Å². The summed E-state index contributed by atoms with van der Waals surface area (Å²) in [7, 11) is -3.94. The van der Waals surface area contributed by atoms with Crippen molar-refractivity contribution in [2.24, 2.45) is 0 Å². The highest BCUT2D eigenvalue weighted by Crippen LogP contribution is 2.31. The Morgan fingerprint density at radius 3 is 2.73 bits per heavy atom. The summed E-state index contributed by atoms with van der Waals surface area (Å²) in [5.74, 6) is 0.350. The minimum absolute atomic E-state index is 0.0129. The van der Waals surface area contributed by atoms with Gasteiger partial charge in [-0.05, 0) is 32.0 Å². The number of aryl methyl sites for hydroxylation is 1. The van der Waals surface area contributed by atoms with E-state index in [4.69, 9.17) is 9.47 Å². The zero-order valence-corrected chi connectivity index (χ0v) is 20.1. The maximum absolute atomic E-state index is 13.2. The Morgan fingerprint density at radius 1 is 1.27 bits per heavy atom. The first-order valence-electron chi connectivity index (χ1n) is 10.6. The summed E-state index contributed by atoms with van der Waals surface area (Å²) in [5, 5.41) is 2.54. The summed E-state index contributed by atoms with van der Waals surface area (Å²) in [6.45, 7) is 6.16. The minimum Gasteiger partial charge on any atom is -0.492 e. The van der Waals surface area contributed by atoms with Gasteiger partial charge in [0, 0.05) is 30.4 Å². The van der Waals surface area contributed by atoms with E-state index >= 15 is 0 Å². The van der Waals surface area contributed by atoms with E-state index in [9.17, 15) is 13.2 Å². The van der Waals surface area contributed by atoms with Gasteiger partial charge in [-0.15, -0.1) is 11.3 Å². The highest BCUT2D eigenvalue weighted by Gasteiger charge is 2.24. The highest BCUT2D eigenvalue weighted by molar-refractivity contribution is 7.92. The predicted octanol–water partition coefficient (Wildman–Crippen LogP) is 2.98. The molecule has 0 radical (unpaired) electrons. The molecule has 2 aromatic heterocycles. The highest BCUT2D eigenvalue weighted by atomic mass is 32.2. The molecular weight excluding hydrogens is 464 g/mol. The third-order valence-electron chi connectivity index (χ3n) is 5.12. The maximum Gasteiger partial charge on any atom is 0.263 e. The monoisotopic (exact) mass is 490 g/mol. The van der Waals surface area contributed by atoms with Gasteiger partial charge in [0.25, 0.3) is 10.0 Å². The summed E-state index contributed by atoms with van der Waals surface area (Å²) in [6.07, 6.45) is 1.48. The van der Waals surface area contributed by atoms with Gasteiger partial charge >= 0.3 is 0 Å². The molecule has 1 N–H and O–H groups in total. The molecule has 0 aliphatic carbocycles. The Bertz CT molecular complexity index is 1230. The summed E-state index contributed by atoms with van der Waals surface area (Å²) < 4.78 is 41.6. The van der Waals surface area contributed by atoms with Crippen molar-refractivity contribution in [2.45, 2.75) is 25.3 Å². The average molecular weight is 491 g/mol. The zero-order valence-electron chi connectivity index (χ0n) is 18.5. The van der Waals surface area contributed by atoms with E-state index in [1.165, 1.54) is 17.5 Å². The number of hydrogen-bond acceptors (Lipinski definition) is 7. The number of anilines is 1. The summed E-state index contributed by atoms with van der Waals surface area (Å²) >= 11 is 1.40. The third kappa shape index (κ3) is 5.37. The predicted molar refractivity (Wildman–Crippen MR) is 126 cm³/mol. The van der Waals surface area contributed by atoms with Crippen LogP contribution in [0, 0.1) is 6.92 Å². The van der Waals surface area contributed by atoms with Crippen molar-refractivity contribution in [1.29, 1.82) is 0 Å². The maximum atomic E-state index is 13.2. The number of ether oxygens (including phenoxy) is 2. The molecule has 0 saturated carbocycles. The topological polar surface area (TPSA) is 103 Å². The lowest BCUT2D eigenvalue weighted by Gasteiger charge is -2.27. The number of nitrogens with one attached hydrogen (secondary N) is 1. The molecule has 1 saturated heterocycles. The summed E-state index contributed by atoms with van der Waals surface area (Å²) in [4.78, 5) is 19.1. The van der Waals surface area contributed by atoms with Crippen LogP contribution in [-0.4, -0.2) is 61.7 Å². The molecule has 3 aromatic rings. The van der Waals surface area contributed by atoms with E-state index in [1.54, 1.807) is 39.8 Å². The number of sulfonamides is 1. The quantitative estimate of drug-likeness (QED) is 0.521. The van der Waals surface area contributed by atoms with Crippen molar-refractivity contribution in [1.82, 2.24) is 14.5 Å². The minimum atomic E-state index is -3.94. The molecule has 1 aliphatic heterocycles. The molecule has 1 fully saturated rings. The van der Waals surface area contributed by atoms with Gasteiger partial charge in [-0.2, -0.15) is 0 Å². The fourth-order valence-electron chi connectivity index (χ4n) is 3.51. The molecule has 1 aromatic carbocycles. The molecule has 1 aliphatic rings. The molecule has 11 heteroatoms. The molecule has 0 bridgehead atoms. The fraction of sp³-hybridized carbons (Fsp3) is 0.364. The van der Waals surface area contributed by atoms with Crippen LogP contribution in [0.4, 0.5) is 5.69 Å². The molecule has 1 amide bonds. The standard InChI is InChI=1S/C22H26N4O5S2/c1-3-31-20-7-5-4-6-18(20)24-33(28,29)17-12-19(22-23-16(2)15-32-22)26(13-17)14-21(27)25-8-10-30-11-9-25/h4-7,12-13,15,24H,3,8-11,14H2,1-2H3. The van der Waals surface area contributed by atoms with Gasteiger partial charge in [-0.25, -0.2) is 13.4 Å². The number of carbonyl (C=O) groups is 1. The van der Waals surface area contributed by atoms with Crippen LogP contribution in [0.3, 0.4) is 0 Å². The van der Waals surface area contributed by atoms with E-state index in [0.717, 1.165) is 5.69 Å². The van der Waals surface area contributed by atoms with Crippen molar-refractivity contribution < 1.29 is 22.7 Å². The number of amides is 1. The number of aromatic nitrogens is 2. The largest absolute Gasteiger partial charge is 0.492 e. The average Bonchev–Trinajstić information content (AvgIpc) is 3.42. The van der Waals surface area contributed by atoms with E-state index in [0.29, 0.717) is 55.0 Å². The smallest absolute Gasteiger partial charge is 0.263 e. The molecular formula is C22H26N4O5S2. The Kier molecular flexibility index (Phi) is 7.01. The van der Waals surface area contributed by atoms with Crippen molar-refractivity contribution in [3.8, 4) is 16.5 Å². The van der Waals surface area contributed by atoms with Crippen molar-refractivity contribution in [2.75, 3.05) is 37.6 Å². The number of rotatable bonds is 8. The lowest BCUT2D eigenvalue weighted by molar-refractivity contribution is -0.135. The van der Waals surface area contributed by atoms with Crippen LogP contribution < -0.4 is 9.46 Å². The first-order chi connectivity index (χ1) is 15.9. The number of para-hydroxylation sites is 2. The first-order valence-corrected chi connectivity index (χ1v) is 13.0. The molecule has 9 nitrogen and oxygen atoms in total. The second kappa shape index (κ2) is 9.94. The number of nitrogens with zero attached hydrogens (tertiary/aromatic N) is 3. The van der Waals surface area contributed by atoms with Crippen LogP contribution in [0.25, 0.3) is 10.7 Å². The van der Waals surface area contributed by atoms with Crippen LogP contribution in [0.15, 0.2) is 46.8 Å². The lowest BCUT2D eigenvalue weighted by Crippen LogP contribution is -2.42. The fourth-order valence-corrected chi connectivity index (χ4v) is 5.44. The van der Waals surface area contributed by atoms with Crippen molar-refractivity contribution in [3.05, 3.63) is 47.6 Å². The Balaban J connectivity index is 1.66. The van der Waals surface area contributed by atoms with Crippen LogP contribution in [0.5, 0.6) is 5.75 Å². The summed E-state index contributed by atoms with van der Waals surface area (Å²) in [6, 6.07) is 8.41. The van der Waals surface area contributed by atoms with Gasteiger partial charge in [-0.3, -0.25) is 9.52 Å². The van der Waals surface area contributed by atoms with Crippen LogP contribution in [-0.2, 0) is 26.1 Å². The third-order valence-corrected chi connectivity index (χ3v) is 7.44. The zero-order chi connectivity index (χ0) is 23.4. The molecule has 0 spiro atoms. The van der Waals surface area contributed by atoms with Crippen LogP contribution in [0.2, 0.25) is 0 Å². The van der Waals surface area contributed by atoms with Gasteiger partial charge in [0.1, 0.15) is 22.2 Å². The van der Waals surface area contributed by atoms with Crippen LogP contribution >= 0.6 is 11.3 Å². The van der Waals surface area contributed by atoms with E-state index in [2.05, 4.69) is 9.71 Å². The lowest BCUT2D eigenvalue weighted by atomic mass is 10.3. The Morgan fingerprint density at radius 2 is 2.03 bits per heavy atom. The second-order valence-corrected chi connectivity index (χ2v) is 10.1.